The van der Waals surface area contributed by atoms with Crippen LogP contribution in [0.15, 0.2) is 25.3 Å². The number of nitrogens with two attached hydrogens (primary N) is 2. The molecule has 0 amide bonds. The van der Waals surface area contributed by atoms with Gasteiger partial charge in [-0.05, 0) is 0 Å². The van der Waals surface area contributed by atoms with Crippen molar-refractivity contribution in [2.75, 3.05) is 24.4 Å². The second-order valence-electron chi connectivity index (χ2n) is 9.95. The Morgan fingerprint density at radius 3 is 2.13 bits per heavy atom. The Bertz CT molecular complexity index is 1850. The van der Waals surface area contributed by atoms with Crippen molar-refractivity contribution in [1.29, 1.82) is 0 Å². The second-order valence-corrected chi connectivity index (χ2v) is 13.1. The molecule has 22 nitrogen and oxygen atoms in total. The highest BCUT2D eigenvalue weighted by Gasteiger charge is 2.54. The van der Waals surface area contributed by atoms with Crippen LogP contribution in [0, 0.1) is 0 Å². The molecule has 45 heavy (non-hydrogen) atoms. The van der Waals surface area contributed by atoms with Crippen LogP contribution in [-0.2, 0) is 42.0 Å². The zero-order valence-electron chi connectivity index (χ0n) is 22.4. The van der Waals surface area contributed by atoms with Gasteiger partial charge in [-0.3, -0.25) is 27.3 Å². The number of rotatable bonds is 2. The molecule has 10 atom stereocenters. The lowest BCUT2D eigenvalue weighted by Crippen LogP contribution is -2.37. The molecule has 3 saturated heterocycles. The molecular weight excluding hydrogens is 653 g/mol. The lowest BCUT2D eigenvalue weighted by molar-refractivity contribution is -0.380. The molecule has 4 unspecified atom stereocenters. The number of fused-ring (bicyclic) bond motifs is 5. The molecule has 242 valence electrons. The number of nitrogens with zero attached hydrogens (tertiary/aromatic N) is 8. The number of hydrogen-bond donors (Lipinski definition) is 5. The van der Waals surface area contributed by atoms with Crippen LogP contribution in [0.5, 0.6) is 0 Å². The van der Waals surface area contributed by atoms with Gasteiger partial charge in [0, 0.05) is 0 Å². The van der Waals surface area contributed by atoms with Gasteiger partial charge in [0.15, 0.2) is 47.9 Å². The van der Waals surface area contributed by atoms with Crippen molar-refractivity contribution in [2.45, 2.75) is 49.3 Å². The van der Waals surface area contributed by atoms with Gasteiger partial charge in [0.2, 0.25) is 6.29 Å². The molecule has 0 aliphatic carbocycles. The van der Waals surface area contributed by atoms with E-state index in [4.69, 9.17) is 44.3 Å². The normalized spacial score (nSPS) is 38.0. The first-order chi connectivity index (χ1) is 21.4. The summed E-state index contributed by atoms with van der Waals surface area (Å²) in [6, 6.07) is 0. The maximum Gasteiger partial charge on any atom is 0.472 e. The second kappa shape index (κ2) is 11.2. The molecule has 3 aliphatic heterocycles. The molecule has 25 heteroatoms. The third kappa shape index (κ3) is 5.45. The van der Waals surface area contributed by atoms with E-state index in [1.54, 1.807) is 0 Å². The Kier molecular flexibility index (Phi) is 7.55. The molecule has 0 radical (unpaired) electrons. The van der Waals surface area contributed by atoms with Gasteiger partial charge in [0.25, 0.3) is 0 Å². The average Bonchev–Trinajstić information content (AvgIpc) is 3.74. The number of halogens is 1. The van der Waals surface area contributed by atoms with Gasteiger partial charge >= 0.3 is 15.4 Å². The minimum Gasteiger partial charge on any atom is -0.385 e. The summed E-state index contributed by atoms with van der Waals surface area (Å²) < 4.78 is 71.3. The summed E-state index contributed by atoms with van der Waals surface area (Å²) in [5, 5.41) is 10.9. The predicted octanol–water partition coefficient (Wildman–Crippen LogP) is -0.726. The first-order valence-corrected chi connectivity index (χ1v) is 16.1. The molecule has 7 rings (SSSR count). The van der Waals surface area contributed by atoms with Gasteiger partial charge in [0.1, 0.15) is 48.1 Å². The predicted molar refractivity (Wildman–Crippen MR) is 141 cm³/mol. The number of phosphoric ester groups is 1. The average molecular weight is 676 g/mol. The Hall–Kier alpha value is -3.31. The SMILES string of the molecule is Nc1ncnc2c1ncn2[C@@H]1O[C@@H]2COP(=O)(O)O[C@H]3C(O)[C@@H](OOCP(=O)(O)OC2[C@@H]1F)O[C@H]3n1cnc2c(N)ncnc21. The van der Waals surface area contributed by atoms with E-state index >= 15 is 4.39 Å². The summed E-state index contributed by atoms with van der Waals surface area (Å²) >= 11 is 0. The van der Waals surface area contributed by atoms with Crippen LogP contribution in [0.3, 0.4) is 0 Å². The molecular formula is C20H23FN10O12P2. The van der Waals surface area contributed by atoms with Gasteiger partial charge in [0.05, 0.1) is 19.3 Å². The maximum atomic E-state index is 15.9. The van der Waals surface area contributed by atoms with Crippen LogP contribution >= 0.6 is 15.4 Å². The van der Waals surface area contributed by atoms with Crippen molar-refractivity contribution >= 4 is 49.4 Å². The maximum absolute atomic E-state index is 15.9. The fourth-order valence-corrected chi connectivity index (χ4v) is 6.88. The monoisotopic (exact) mass is 676 g/mol. The minimum absolute atomic E-state index is 0.000822. The Balaban J connectivity index is 1.19. The first kappa shape index (κ1) is 30.3. The van der Waals surface area contributed by atoms with Gasteiger partial charge in [-0.2, -0.15) is 0 Å². The van der Waals surface area contributed by atoms with E-state index in [0.29, 0.717) is 0 Å². The smallest absolute Gasteiger partial charge is 0.385 e. The Morgan fingerprint density at radius 1 is 0.867 bits per heavy atom. The summed E-state index contributed by atoms with van der Waals surface area (Å²) in [6.07, 6.45) is -10.6. The molecule has 0 aromatic carbocycles. The van der Waals surface area contributed by atoms with Crippen molar-refractivity contribution in [3.8, 4) is 0 Å². The number of aliphatic hydroxyl groups excluding tert-OH is 1. The lowest BCUT2D eigenvalue weighted by Gasteiger charge is -2.26. The van der Waals surface area contributed by atoms with Crippen molar-refractivity contribution in [3.05, 3.63) is 25.3 Å². The zero-order valence-corrected chi connectivity index (χ0v) is 24.2. The third-order valence-electron chi connectivity index (χ3n) is 7.08. The molecule has 2 bridgehead atoms. The molecule has 7 N–H and O–H groups in total. The molecule has 0 spiro atoms. The van der Waals surface area contributed by atoms with Crippen LogP contribution in [0.25, 0.3) is 22.3 Å². The standard InChI is InChI=1S/C20H23FN10O12P2/c21-8-12-7(39-18(8)30-4-28-9-14(22)24-2-26-16(9)30)1-38-45(35,36)43-13-11(32)20(41-37-6-44(33,34)42-12)40-19(13)31-5-29-10-15(23)25-3-27-17(10)31/h2-5,7-8,11-13,18-20,32H,1,6H2,(H,33,34)(H,35,36)(H2,22,24,26)(H2,23,25,27)/t7-,8+,11?,12?,13+,18-,19-,20-/m1/s1. The molecule has 3 aliphatic rings. The van der Waals surface area contributed by atoms with Gasteiger partial charge in [-0.1, -0.05) is 0 Å². The summed E-state index contributed by atoms with van der Waals surface area (Å²) in [6.45, 7) is -0.897. The van der Waals surface area contributed by atoms with E-state index in [9.17, 15) is 24.0 Å². The van der Waals surface area contributed by atoms with E-state index in [1.165, 1.54) is 10.9 Å². The van der Waals surface area contributed by atoms with E-state index in [1.807, 2.05) is 0 Å². The summed E-state index contributed by atoms with van der Waals surface area (Å²) in [4.78, 5) is 54.9. The fourth-order valence-electron chi connectivity index (χ4n) is 5.06. The van der Waals surface area contributed by atoms with Gasteiger partial charge < -0.3 is 35.8 Å². The van der Waals surface area contributed by atoms with Gasteiger partial charge in [-0.25, -0.2) is 48.6 Å². The quantitative estimate of drug-likeness (QED) is 0.129. The number of imidazole rings is 2. The van der Waals surface area contributed by atoms with Crippen molar-refractivity contribution in [3.63, 3.8) is 0 Å². The topological polar surface area (TPSA) is 299 Å². The number of anilines is 2. The molecule has 0 saturated carbocycles. The zero-order chi connectivity index (χ0) is 31.7. The number of aromatic nitrogens is 8. The lowest BCUT2D eigenvalue weighted by atomic mass is 10.1. The Morgan fingerprint density at radius 2 is 1.49 bits per heavy atom. The fraction of sp³-hybridized carbons (Fsp3) is 0.500. The highest BCUT2D eigenvalue weighted by molar-refractivity contribution is 7.52. The largest absolute Gasteiger partial charge is 0.472 e. The van der Waals surface area contributed by atoms with Crippen LogP contribution in [0.2, 0.25) is 0 Å². The molecule has 7 heterocycles. The molecule has 4 aromatic rings. The number of aliphatic hydroxyl groups is 1. The van der Waals surface area contributed by atoms with Gasteiger partial charge in [-0.15, -0.1) is 0 Å². The van der Waals surface area contributed by atoms with Crippen molar-refractivity contribution in [1.82, 2.24) is 39.0 Å². The van der Waals surface area contributed by atoms with Crippen LogP contribution < -0.4 is 11.5 Å². The number of hydrogen-bond acceptors (Lipinski definition) is 18. The van der Waals surface area contributed by atoms with E-state index in [0.717, 1.165) is 23.5 Å². The Labute approximate surface area is 249 Å². The van der Waals surface area contributed by atoms with E-state index < -0.39 is 77.7 Å². The van der Waals surface area contributed by atoms with E-state index in [-0.39, 0.29) is 34.0 Å². The van der Waals surface area contributed by atoms with Crippen LogP contribution in [0.1, 0.15) is 12.5 Å². The van der Waals surface area contributed by atoms with Crippen LogP contribution in [0.4, 0.5) is 16.0 Å². The summed E-state index contributed by atoms with van der Waals surface area (Å²) in [5.41, 5.74) is 12.1. The van der Waals surface area contributed by atoms with E-state index in [2.05, 4.69) is 29.9 Å². The minimum atomic E-state index is -5.16. The first-order valence-electron chi connectivity index (χ1n) is 12.9. The third-order valence-corrected chi connectivity index (χ3v) is 9.07. The van der Waals surface area contributed by atoms with Crippen molar-refractivity contribution < 1.29 is 61.2 Å². The highest BCUT2D eigenvalue weighted by Crippen LogP contribution is 2.53. The number of ether oxygens (including phenoxy) is 2. The number of alkyl halides is 1. The number of phosphoric acid groups is 1. The number of nitrogen functional groups attached to an aromatic ring is 2. The highest BCUT2D eigenvalue weighted by atomic mass is 31.2. The molecule has 3 fully saturated rings. The van der Waals surface area contributed by atoms with Crippen molar-refractivity contribution in [2.24, 2.45) is 0 Å². The summed E-state index contributed by atoms with van der Waals surface area (Å²) in [7, 11) is -10.0. The van der Waals surface area contributed by atoms with Crippen LogP contribution in [-0.4, -0.2) is 104 Å². The summed E-state index contributed by atoms with van der Waals surface area (Å²) in [5.74, 6) is 0.00783. The molecule has 4 aromatic heterocycles.